The summed E-state index contributed by atoms with van der Waals surface area (Å²) in [5.41, 5.74) is 3.24. The van der Waals surface area contributed by atoms with E-state index in [9.17, 15) is 9.59 Å². The standard InChI is InChI=1S/C26H30N4O2/c31-25(13-12-24-27-21-9-4-5-10-22(21)28-24)30-15-6-11-23(30)26(32)29-16-14-20(18-29)17-19-7-2-1-3-8-19/h1-5,7-10,20,23H,6,11-18H2,(H,27,28)/t20?,23-/m0/s1. The second kappa shape index (κ2) is 9.15. The molecule has 0 spiro atoms. The van der Waals surface area contributed by atoms with Crippen molar-refractivity contribution in [3.05, 3.63) is 66.0 Å². The number of para-hydroxylation sites is 2. The lowest BCUT2D eigenvalue weighted by Gasteiger charge is -2.28. The maximum absolute atomic E-state index is 13.3. The smallest absolute Gasteiger partial charge is 0.245 e. The van der Waals surface area contributed by atoms with Crippen LogP contribution in [0.15, 0.2) is 54.6 Å². The van der Waals surface area contributed by atoms with Crippen molar-refractivity contribution in [1.82, 2.24) is 19.8 Å². The predicted molar refractivity (Wildman–Crippen MR) is 124 cm³/mol. The van der Waals surface area contributed by atoms with Crippen LogP contribution < -0.4 is 0 Å². The molecule has 2 amide bonds. The highest BCUT2D eigenvalue weighted by Gasteiger charge is 2.38. The molecule has 0 bridgehead atoms. The summed E-state index contributed by atoms with van der Waals surface area (Å²) in [4.78, 5) is 37.9. The van der Waals surface area contributed by atoms with Crippen LogP contribution >= 0.6 is 0 Å². The van der Waals surface area contributed by atoms with Crippen LogP contribution in [-0.2, 0) is 22.4 Å². The van der Waals surface area contributed by atoms with Gasteiger partial charge in [-0.1, -0.05) is 42.5 Å². The normalized spacial score (nSPS) is 20.9. The summed E-state index contributed by atoms with van der Waals surface area (Å²) in [6.07, 6.45) is 4.65. The number of nitrogens with one attached hydrogen (secondary N) is 1. The van der Waals surface area contributed by atoms with Gasteiger partial charge in [0, 0.05) is 32.5 Å². The van der Waals surface area contributed by atoms with Crippen LogP contribution in [0.5, 0.6) is 0 Å². The zero-order valence-electron chi connectivity index (χ0n) is 18.4. The van der Waals surface area contributed by atoms with Crippen LogP contribution in [0.3, 0.4) is 0 Å². The summed E-state index contributed by atoms with van der Waals surface area (Å²) in [7, 11) is 0. The van der Waals surface area contributed by atoms with Gasteiger partial charge in [-0.15, -0.1) is 0 Å². The molecule has 1 N–H and O–H groups in total. The number of aromatic nitrogens is 2. The zero-order chi connectivity index (χ0) is 21.9. The van der Waals surface area contributed by atoms with E-state index in [0.717, 1.165) is 55.6 Å². The average Bonchev–Trinajstić information content (AvgIpc) is 3.56. The first-order chi connectivity index (χ1) is 15.7. The minimum absolute atomic E-state index is 0.0568. The van der Waals surface area contributed by atoms with Gasteiger partial charge in [-0.3, -0.25) is 9.59 Å². The molecular weight excluding hydrogens is 400 g/mol. The first-order valence-corrected chi connectivity index (χ1v) is 11.7. The van der Waals surface area contributed by atoms with Crippen molar-refractivity contribution in [2.24, 2.45) is 5.92 Å². The Morgan fingerprint density at radius 1 is 1.00 bits per heavy atom. The number of aryl methyl sites for hydroxylation is 1. The number of carbonyl (C=O) groups excluding carboxylic acids is 2. The number of benzene rings is 2. The minimum Gasteiger partial charge on any atom is -0.342 e. The number of nitrogens with zero attached hydrogens (tertiary/aromatic N) is 3. The number of carbonyl (C=O) groups is 2. The molecule has 2 aliphatic heterocycles. The SMILES string of the molecule is O=C([C@@H]1CCCN1C(=O)CCc1nc2ccccc2[nH]1)N1CCC(Cc2ccccc2)C1. The highest BCUT2D eigenvalue weighted by molar-refractivity contribution is 5.88. The lowest BCUT2D eigenvalue weighted by atomic mass is 9.99. The van der Waals surface area contributed by atoms with E-state index in [2.05, 4.69) is 34.2 Å². The number of hydrogen-bond acceptors (Lipinski definition) is 3. The Morgan fingerprint density at radius 2 is 1.81 bits per heavy atom. The third-order valence-electron chi connectivity index (χ3n) is 6.84. The Morgan fingerprint density at radius 3 is 2.66 bits per heavy atom. The fraction of sp³-hybridized carbons (Fsp3) is 0.423. The van der Waals surface area contributed by atoms with E-state index < -0.39 is 0 Å². The molecule has 0 aliphatic carbocycles. The van der Waals surface area contributed by atoms with Crippen molar-refractivity contribution in [1.29, 1.82) is 0 Å². The summed E-state index contributed by atoms with van der Waals surface area (Å²) < 4.78 is 0. The number of imidazole rings is 1. The number of rotatable bonds is 6. The third-order valence-corrected chi connectivity index (χ3v) is 6.84. The lowest BCUT2D eigenvalue weighted by Crippen LogP contribution is -2.47. The van der Waals surface area contributed by atoms with Gasteiger partial charge < -0.3 is 14.8 Å². The molecule has 1 unspecified atom stereocenters. The minimum atomic E-state index is -0.298. The number of hydrogen-bond donors (Lipinski definition) is 1. The molecule has 166 valence electrons. The number of aromatic amines is 1. The molecular formula is C26H30N4O2. The molecule has 6 heteroatoms. The van der Waals surface area contributed by atoms with Gasteiger partial charge in [0.2, 0.25) is 11.8 Å². The molecule has 5 rings (SSSR count). The number of fused-ring (bicyclic) bond motifs is 1. The zero-order valence-corrected chi connectivity index (χ0v) is 18.4. The van der Waals surface area contributed by atoms with Crippen molar-refractivity contribution in [3.63, 3.8) is 0 Å². The van der Waals surface area contributed by atoms with Crippen LogP contribution in [0.4, 0.5) is 0 Å². The fourth-order valence-electron chi connectivity index (χ4n) is 5.17. The molecule has 0 radical (unpaired) electrons. The van der Waals surface area contributed by atoms with E-state index in [4.69, 9.17) is 0 Å². The van der Waals surface area contributed by atoms with Gasteiger partial charge in [0.1, 0.15) is 11.9 Å². The van der Waals surface area contributed by atoms with Crippen LogP contribution in [0.2, 0.25) is 0 Å². The van der Waals surface area contributed by atoms with E-state index in [1.165, 1.54) is 5.56 Å². The molecule has 0 saturated carbocycles. The molecule has 2 fully saturated rings. The van der Waals surface area contributed by atoms with Gasteiger partial charge >= 0.3 is 0 Å². The van der Waals surface area contributed by atoms with Crippen molar-refractivity contribution in [3.8, 4) is 0 Å². The van der Waals surface area contributed by atoms with Crippen LogP contribution in [0, 0.1) is 5.92 Å². The molecule has 1 aromatic heterocycles. The Bertz CT molecular complexity index is 1060. The highest BCUT2D eigenvalue weighted by atomic mass is 16.2. The van der Waals surface area contributed by atoms with Gasteiger partial charge in [0.15, 0.2) is 0 Å². The van der Waals surface area contributed by atoms with Crippen molar-refractivity contribution < 1.29 is 9.59 Å². The molecule has 3 heterocycles. The quantitative estimate of drug-likeness (QED) is 0.650. The Labute approximate surface area is 188 Å². The van der Waals surface area contributed by atoms with E-state index in [1.54, 1.807) is 0 Å². The first kappa shape index (κ1) is 20.7. The molecule has 6 nitrogen and oxygen atoms in total. The van der Waals surface area contributed by atoms with E-state index >= 15 is 0 Å². The molecule has 2 aromatic carbocycles. The summed E-state index contributed by atoms with van der Waals surface area (Å²) in [5.74, 6) is 1.52. The molecule has 2 saturated heterocycles. The summed E-state index contributed by atoms with van der Waals surface area (Å²) in [6, 6.07) is 18.1. The summed E-state index contributed by atoms with van der Waals surface area (Å²) >= 11 is 0. The maximum atomic E-state index is 13.3. The van der Waals surface area contributed by atoms with Crippen molar-refractivity contribution >= 4 is 22.8 Å². The van der Waals surface area contributed by atoms with E-state index in [0.29, 0.717) is 25.3 Å². The molecule has 3 aromatic rings. The van der Waals surface area contributed by atoms with Gasteiger partial charge in [0.05, 0.1) is 11.0 Å². The monoisotopic (exact) mass is 430 g/mol. The predicted octanol–water partition coefficient (Wildman–Crippen LogP) is 3.58. The summed E-state index contributed by atoms with van der Waals surface area (Å²) in [6.45, 7) is 2.27. The molecule has 2 atom stereocenters. The largest absolute Gasteiger partial charge is 0.342 e. The highest BCUT2D eigenvalue weighted by Crippen LogP contribution is 2.26. The average molecular weight is 431 g/mol. The fourth-order valence-corrected chi connectivity index (χ4v) is 5.17. The molecule has 2 aliphatic rings. The topological polar surface area (TPSA) is 69.3 Å². The number of amides is 2. The van der Waals surface area contributed by atoms with Crippen LogP contribution in [0.1, 0.15) is 37.1 Å². The van der Waals surface area contributed by atoms with E-state index in [1.807, 2.05) is 40.1 Å². The van der Waals surface area contributed by atoms with Gasteiger partial charge in [-0.05, 0) is 49.3 Å². The number of likely N-dealkylation sites (tertiary alicyclic amines) is 2. The Balaban J connectivity index is 1.16. The second-order valence-electron chi connectivity index (χ2n) is 9.07. The van der Waals surface area contributed by atoms with Crippen LogP contribution in [0.25, 0.3) is 11.0 Å². The van der Waals surface area contributed by atoms with Gasteiger partial charge in [0.25, 0.3) is 0 Å². The van der Waals surface area contributed by atoms with Crippen LogP contribution in [-0.4, -0.2) is 57.3 Å². The summed E-state index contributed by atoms with van der Waals surface area (Å²) in [5, 5.41) is 0. The Kier molecular flexibility index (Phi) is 5.93. The lowest BCUT2D eigenvalue weighted by molar-refractivity contribution is -0.143. The first-order valence-electron chi connectivity index (χ1n) is 11.7. The third kappa shape index (κ3) is 4.40. The van der Waals surface area contributed by atoms with Crippen molar-refractivity contribution in [2.45, 2.75) is 44.6 Å². The second-order valence-corrected chi connectivity index (χ2v) is 9.07. The van der Waals surface area contributed by atoms with Gasteiger partial charge in [-0.25, -0.2) is 4.98 Å². The maximum Gasteiger partial charge on any atom is 0.245 e. The Hall–Kier alpha value is -3.15. The molecule has 32 heavy (non-hydrogen) atoms. The number of H-pyrrole nitrogens is 1. The van der Waals surface area contributed by atoms with Gasteiger partial charge in [-0.2, -0.15) is 0 Å². The van der Waals surface area contributed by atoms with Crippen molar-refractivity contribution in [2.75, 3.05) is 19.6 Å². The van der Waals surface area contributed by atoms with E-state index in [-0.39, 0.29) is 17.9 Å².